The maximum absolute atomic E-state index is 9.49. The van der Waals surface area contributed by atoms with Gasteiger partial charge in [-0.05, 0) is 12.5 Å². The van der Waals surface area contributed by atoms with Crippen molar-refractivity contribution in [2.45, 2.75) is 25.9 Å². The third-order valence-corrected chi connectivity index (χ3v) is 2.36. The molecule has 0 unspecified atom stereocenters. The van der Waals surface area contributed by atoms with Gasteiger partial charge in [0.05, 0.1) is 6.61 Å². The lowest BCUT2D eigenvalue weighted by Gasteiger charge is -2.14. The zero-order valence-electron chi connectivity index (χ0n) is 8.77. The summed E-state index contributed by atoms with van der Waals surface area (Å²) in [7, 11) is 0. The SMILES string of the molecule is CC[C@H](CO)NCc1ccc(O)cc1O. The van der Waals surface area contributed by atoms with E-state index in [4.69, 9.17) is 10.2 Å². The number of nitrogens with one attached hydrogen (secondary N) is 1. The third-order valence-electron chi connectivity index (χ3n) is 2.36. The number of benzene rings is 1. The second-order valence-corrected chi connectivity index (χ2v) is 3.48. The Bertz CT molecular complexity index is 311. The molecule has 0 radical (unpaired) electrons. The van der Waals surface area contributed by atoms with Gasteiger partial charge in [-0.1, -0.05) is 13.0 Å². The number of phenols is 2. The predicted octanol–water partition coefficient (Wildman–Crippen LogP) is 0.958. The highest BCUT2D eigenvalue weighted by Gasteiger charge is 2.06. The summed E-state index contributed by atoms with van der Waals surface area (Å²) in [5, 5.41) is 30.6. The molecule has 4 nitrogen and oxygen atoms in total. The molecular weight excluding hydrogens is 194 g/mol. The van der Waals surface area contributed by atoms with Gasteiger partial charge in [0.2, 0.25) is 0 Å². The fraction of sp³-hybridized carbons (Fsp3) is 0.455. The Morgan fingerprint density at radius 3 is 2.60 bits per heavy atom. The van der Waals surface area contributed by atoms with E-state index in [0.29, 0.717) is 12.1 Å². The van der Waals surface area contributed by atoms with E-state index in [1.54, 1.807) is 6.07 Å². The summed E-state index contributed by atoms with van der Waals surface area (Å²) in [6, 6.07) is 4.52. The van der Waals surface area contributed by atoms with Crippen LogP contribution in [0.1, 0.15) is 18.9 Å². The van der Waals surface area contributed by atoms with Gasteiger partial charge >= 0.3 is 0 Å². The Morgan fingerprint density at radius 1 is 1.33 bits per heavy atom. The highest BCUT2D eigenvalue weighted by atomic mass is 16.3. The molecule has 0 bridgehead atoms. The Kier molecular flexibility index (Phi) is 4.39. The maximum Gasteiger partial charge on any atom is 0.123 e. The first-order valence-electron chi connectivity index (χ1n) is 5.02. The molecule has 0 amide bonds. The van der Waals surface area contributed by atoms with Gasteiger partial charge in [-0.15, -0.1) is 0 Å². The molecule has 0 saturated carbocycles. The largest absolute Gasteiger partial charge is 0.508 e. The van der Waals surface area contributed by atoms with Crippen LogP contribution in [0.4, 0.5) is 0 Å². The minimum absolute atomic E-state index is 0.0400. The van der Waals surface area contributed by atoms with E-state index in [1.807, 2.05) is 6.92 Å². The summed E-state index contributed by atoms with van der Waals surface area (Å²) < 4.78 is 0. The lowest BCUT2D eigenvalue weighted by molar-refractivity contribution is 0.238. The van der Waals surface area contributed by atoms with Gasteiger partial charge in [-0.3, -0.25) is 0 Å². The molecule has 0 aliphatic rings. The fourth-order valence-electron chi connectivity index (χ4n) is 1.29. The standard InChI is InChI=1S/C11H17NO3/c1-2-9(7-13)12-6-8-3-4-10(14)5-11(8)15/h3-5,9,12-15H,2,6-7H2,1H3/t9-/m1/s1. The van der Waals surface area contributed by atoms with Crippen LogP contribution in [0, 0.1) is 0 Å². The molecule has 4 heteroatoms. The van der Waals surface area contributed by atoms with Gasteiger partial charge in [0.15, 0.2) is 0 Å². The monoisotopic (exact) mass is 211 g/mol. The maximum atomic E-state index is 9.49. The average Bonchev–Trinajstić information content (AvgIpc) is 2.22. The van der Waals surface area contributed by atoms with E-state index in [9.17, 15) is 5.11 Å². The minimum Gasteiger partial charge on any atom is -0.508 e. The van der Waals surface area contributed by atoms with Gasteiger partial charge in [0, 0.05) is 24.2 Å². The fourth-order valence-corrected chi connectivity index (χ4v) is 1.29. The zero-order chi connectivity index (χ0) is 11.3. The smallest absolute Gasteiger partial charge is 0.123 e. The number of aromatic hydroxyl groups is 2. The molecule has 0 aromatic heterocycles. The van der Waals surface area contributed by atoms with Gasteiger partial charge < -0.3 is 20.6 Å². The van der Waals surface area contributed by atoms with Crippen LogP contribution in [-0.4, -0.2) is 28.0 Å². The Labute approximate surface area is 89.2 Å². The van der Waals surface area contributed by atoms with Gasteiger partial charge in [-0.2, -0.15) is 0 Å². The van der Waals surface area contributed by atoms with Crippen LogP contribution in [0.25, 0.3) is 0 Å². The first-order valence-corrected chi connectivity index (χ1v) is 5.02. The van der Waals surface area contributed by atoms with E-state index < -0.39 is 0 Å². The molecule has 0 aliphatic carbocycles. The average molecular weight is 211 g/mol. The topological polar surface area (TPSA) is 72.7 Å². The van der Waals surface area contributed by atoms with Crippen LogP contribution in [0.5, 0.6) is 11.5 Å². The molecule has 1 aromatic rings. The highest BCUT2D eigenvalue weighted by molar-refractivity contribution is 5.38. The number of hydrogen-bond acceptors (Lipinski definition) is 4. The third kappa shape index (κ3) is 3.42. The van der Waals surface area contributed by atoms with Crippen molar-refractivity contribution in [1.82, 2.24) is 5.32 Å². The number of rotatable bonds is 5. The minimum atomic E-state index is 0.0400. The van der Waals surface area contributed by atoms with E-state index >= 15 is 0 Å². The lowest BCUT2D eigenvalue weighted by atomic mass is 10.1. The zero-order valence-corrected chi connectivity index (χ0v) is 8.77. The summed E-state index contributed by atoms with van der Waals surface area (Å²) in [5.41, 5.74) is 0.708. The van der Waals surface area contributed by atoms with Crippen LogP contribution < -0.4 is 5.32 Å². The van der Waals surface area contributed by atoms with E-state index in [0.717, 1.165) is 6.42 Å². The summed E-state index contributed by atoms with van der Waals surface area (Å²) >= 11 is 0. The summed E-state index contributed by atoms with van der Waals surface area (Å²) in [5.74, 6) is 0.112. The van der Waals surface area contributed by atoms with E-state index in [2.05, 4.69) is 5.32 Å². The van der Waals surface area contributed by atoms with Crippen molar-refractivity contribution in [2.75, 3.05) is 6.61 Å². The van der Waals surface area contributed by atoms with E-state index in [1.165, 1.54) is 12.1 Å². The van der Waals surface area contributed by atoms with Crippen molar-refractivity contribution in [3.05, 3.63) is 23.8 Å². The first-order chi connectivity index (χ1) is 7.17. The van der Waals surface area contributed by atoms with Crippen LogP contribution in [0.15, 0.2) is 18.2 Å². The molecule has 0 fully saturated rings. The molecule has 0 saturated heterocycles. The molecule has 1 rings (SSSR count). The van der Waals surface area contributed by atoms with Crippen molar-refractivity contribution in [1.29, 1.82) is 0 Å². The Balaban J connectivity index is 2.57. The second kappa shape index (κ2) is 5.58. The number of hydrogen-bond donors (Lipinski definition) is 4. The molecule has 84 valence electrons. The quantitative estimate of drug-likeness (QED) is 0.585. The second-order valence-electron chi connectivity index (χ2n) is 3.48. The van der Waals surface area contributed by atoms with Crippen molar-refractivity contribution in [2.24, 2.45) is 0 Å². The van der Waals surface area contributed by atoms with E-state index in [-0.39, 0.29) is 24.1 Å². The lowest BCUT2D eigenvalue weighted by Crippen LogP contribution is -2.31. The molecule has 1 atom stereocenters. The number of phenolic OH excluding ortho intramolecular Hbond substituents is 2. The number of aliphatic hydroxyl groups excluding tert-OH is 1. The molecule has 0 spiro atoms. The highest BCUT2D eigenvalue weighted by Crippen LogP contribution is 2.22. The van der Waals surface area contributed by atoms with Gasteiger partial charge in [0.25, 0.3) is 0 Å². The molecule has 1 aromatic carbocycles. The molecular formula is C11H17NO3. The summed E-state index contributed by atoms with van der Waals surface area (Å²) in [4.78, 5) is 0. The molecule has 0 heterocycles. The van der Waals surface area contributed by atoms with Crippen LogP contribution in [-0.2, 0) is 6.54 Å². The van der Waals surface area contributed by atoms with Crippen LogP contribution in [0.2, 0.25) is 0 Å². The van der Waals surface area contributed by atoms with Gasteiger partial charge in [-0.25, -0.2) is 0 Å². The Hall–Kier alpha value is -1.26. The van der Waals surface area contributed by atoms with Crippen LogP contribution >= 0.6 is 0 Å². The summed E-state index contributed by atoms with van der Waals surface area (Å²) in [6.45, 7) is 2.53. The molecule has 15 heavy (non-hydrogen) atoms. The van der Waals surface area contributed by atoms with Crippen molar-refractivity contribution in [3.8, 4) is 11.5 Å². The predicted molar refractivity (Wildman–Crippen MR) is 57.8 cm³/mol. The molecule has 0 aliphatic heterocycles. The van der Waals surface area contributed by atoms with Crippen molar-refractivity contribution in [3.63, 3.8) is 0 Å². The number of aliphatic hydroxyl groups is 1. The van der Waals surface area contributed by atoms with Crippen molar-refractivity contribution < 1.29 is 15.3 Å². The first kappa shape index (κ1) is 11.8. The Morgan fingerprint density at radius 2 is 2.07 bits per heavy atom. The van der Waals surface area contributed by atoms with Gasteiger partial charge in [0.1, 0.15) is 11.5 Å². The van der Waals surface area contributed by atoms with Crippen LogP contribution in [0.3, 0.4) is 0 Å². The normalized spacial score (nSPS) is 12.7. The molecule has 4 N–H and O–H groups in total. The summed E-state index contributed by atoms with van der Waals surface area (Å²) in [6.07, 6.45) is 0.829. The van der Waals surface area contributed by atoms with Crippen molar-refractivity contribution >= 4 is 0 Å².